The first-order valence-electron chi connectivity index (χ1n) is 7.50. The van der Waals surface area contributed by atoms with Crippen LogP contribution in [0.15, 0.2) is 30.4 Å². The lowest BCUT2D eigenvalue weighted by molar-refractivity contribution is -0.148. The van der Waals surface area contributed by atoms with Gasteiger partial charge < -0.3 is 4.74 Å². The molecule has 110 valence electrons. The van der Waals surface area contributed by atoms with Gasteiger partial charge in [-0.2, -0.15) is 0 Å². The lowest BCUT2D eigenvalue weighted by Gasteiger charge is -2.16. The largest absolute Gasteiger partial charge is 0.457 e. The van der Waals surface area contributed by atoms with Gasteiger partial charge in [0, 0.05) is 5.56 Å². The van der Waals surface area contributed by atoms with E-state index in [2.05, 4.69) is 12.2 Å². The zero-order valence-electron chi connectivity index (χ0n) is 12.5. The molecule has 2 aliphatic rings. The van der Waals surface area contributed by atoms with E-state index in [1.165, 1.54) is 0 Å². The van der Waals surface area contributed by atoms with Gasteiger partial charge in [0.1, 0.15) is 0 Å². The van der Waals surface area contributed by atoms with Crippen molar-refractivity contribution in [3.63, 3.8) is 0 Å². The van der Waals surface area contributed by atoms with Crippen molar-refractivity contribution >= 4 is 11.8 Å². The number of rotatable bonds is 4. The highest BCUT2D eigenvalue weighted by Crippen LogP contribution is 2.43. The molecule has 2 bridgehead atoms. The van der Waals surface area contributed by atoms with Gasteiger partial charge in [0.05, 0.1) is 5.92 Å². The minimum Gasteiger partial charge on any atom is -0.457 e. The number of hydrogen-bond acceptors (Lipinski definition) is 3. The molecule has 1 aromatic carbocycles. The van der Waals surface area contributed by atoms with Crippen LogP contribution in [0.3, 0.4) is 0 Å². The van der Waals surface area contributed by atoms with E-state index in [-0.39, 0.29) is 24.3 Å². The van der Waals surface area contributed by atoms with Gasteiger partial charge in [-0.05, 0) is 55.7 Å². The third kappa shape index (κ3) is 2.78. The molecular formula is C18H20O3. The number of carbonyl (C=O) groups excluding carboxylic acids is 2. The number of carbonyl (C=O) groups is 2. The lowest BCUT2D eigenvalue weighted by atomic mass is 9.94. The Balaban J connectivity index is 1.57. The highest BCUT2D eigenvalue weighted by molar-refractivity contribution is 5.98. The molecule has 0 aliphatic heterocycles. The van der Waals surface area contributed by atoms with Crippen LogP contribution < -0.4 is 0 Å². The predicted molar refractivity (Wildman–Crippen MR) is 80.0 cm³/mol. The van der Waals surface area contributed by atoms with E-state index >= 15 is 0 Å². The Morgan fingerprint density at radius 1 is 1.14 bits per heavy atom. The summed E-state index contributed by atoms with van der Waals surface area (Å²) in [7, 11) is 0. The molecule has 1 aromatic rings. The minimum absolute atomic E-state index is 0.0486. The normalized spacial score (nSPS) is 26.1. The Kier molecular flexibility index (Phi) is 3.66. The van der Waals surface area contributed by atoms with Gasteiger partial charge in [-0.1, -0.05) is 24.3 Å². The van der Waals surface area contributed by atoms with Crippen LogP contribution in [-0.2, 0) is 9.53 Å². The Bertz CT molecular complexity index is 615. The first-order valence-corrected chi connectivity index (χ1v) is 7.50. The number of ketones is 1. The third-order valence-electron chi connectivity index (χ3n) is 4.76. The molecular weight excluding hydrogens is 264 g/mol. The Labute approximate surface area is 125 Å². The molecule has 3 unspecified atom stereocenters. The molecule has 3 nitrogen and oxygen atoms in total. The van der Waals surface area contributed by atoms with Crippen molar-refractivity contribution in [2.24, 2.45) is 17.8 Å². The fourth-order valence-corrected chi connectivity index (χ4v) is 3.29. The third-order valence-corrected chi connectivity index (χ3v) is 4.76. The molecule has 0 heterocycles. The fraction of sp³-hybridized carbons (Fsp3) is 0.444. The summed E-state index contributed by atoms with van der Waals surface area (Å²) in [4.78, 5) is 24.2. The van der Waals surface area contributed by atoms with E-state index in [1.807, 2.05) is 26.0 Å². The molecule has 0 radical (unpaired) electrons. The highest BCUT2D eigenvalue weighted by atomic mass is 16.5. The number of fused-ring (bicyclic) bond motifs is 2. The van der Waals surface area contributed by atoms with Gasteiger partial charge in [-0.3, -0.25) is 9.59 Å². The van der Waals surface area contributed by atoms with Crippen molar-refractivity contribution in [2.45, 2.75) is 26.7 Å². The second-order valence-electron chi connectivity index (χ2n) is 6.22. The van der Waals surface area contributed by atoms with Crippen LogP contribution in [0.1, 0.15) is 34.3 Å². The second kappa shape index (κ2) is 5.47. The topological polar surface area (TPSA) is 43.4 Å². The van der Waals surface area contributed by atoms with Crippen LogP contribution in [0.2, 0.25) is 0 Å². The van der Waals surface area contributed by atoms with Gasteiger partial charge in [0.25, 0.3) is 0 Å². The van der Waals surface area contributed by atoms with E-state index < -0.39 is 0 Å². The molecule has 2 aliphatic carbocycles. The summed E-state index contributed by atoms with van der Waals surface area (Å²) < 4.78 is 5.24. The first kappa shape index (κ1) is 14.1. The number of ether oxygens (including phenoxy) is 1. The number of Topliss-reactive ketones (excluding diaryl/α,β-unsaturated/α-hetero) is 1. The maximum atomic E-state index is 12.1. The standard InChI is InChI=1S/C18H20O3/c1-11-3-5-15(7-12(11)2)17(19)10-21-18(20)16-9-13-4-6-14(16)8-13/h3-7,13-14,16H,8-10H2,1-2H3. The Morgan fingerprint density at radius 2 is 1.95 bits per heavy atom. The summed E-state index contributed by atoms with van der Waals surface area (Å²) in [5.74, 6) is 0.448. The van der Waals surface area contributed by atoms with Crippen molar-refractivity contribution < 1.29 is 14.3 Å². The van der Waals surface area contributed by atoms with Crippen LogP contribution in [0.4, 0.5) is 0 Å². The van der Waals surface area contributed by atoms with Crippen LogP contribution in [0.5, 0.6) is 0 Å². The van der Waals surface area contributed by atoms with Crippen molar-refractivity contribution in [1.82, 2.24) is 0 Å². The van der Waals surface area contributed by atoms with Crippen LogP contribution in [0.25, 0.3) is 0 Å². The Morgan fingerprint density at radius 3 is 2.57 bits per heavy atom. The molecule has 0 N–H and O–H groups in total. The zero-order valence-corrected chi connectivity index (χ0v) is 12.5. The number of benzene rings is 1. The number of aryl methyl sites for hydroxylation is 2. The van der Waals surface area contributed by atoms with E-state index in [0.29, 0.717) is 17.4 Å². The quantitative estimate of drug-likeness (QED) is 0.484. The van der Waals surface area contributed by atoms with Gasteiger partial charge in [-0.15, -0.1) is 0 Å². The van der Waals surface area contributed by atoms with Crippen molar-refractivity contribution in [1.29, 1.82) is 0 Å². The highest BCUT2D eigenvalue weighted by Gasteiger charge is 2.40. The number of allylic oxidation sites excluding steroid dienone is 2. The van der Waals surface area contributed by atoms with Crippen LogP contribution >= 0.6 is 0 Å². The van der Waals surface area contributed by atoms with Crippen LogP contribution in [-0.4, -0.2) is 18.4 Å². The SMILES string of the molecule is Cc1ccc(C(=O)COC(=O)C2CC3C=CC2C3)cc1C. The van der Waals surface area contributed by atoms with Gasteiger partial charge in [-0.25, -0.2) is 0 Å². The van der Waals surface area contributed by atoms with Crippen molar-refractivity contribution in [2.75, 3.05) is 6.61 Å². The lowest BCUT2D eigenvalue weighted by Crippen LogP contribution is -2.24. The monoisotopic (exact) mass is 284 g/mol. The maximum Gasteiger partial charge on any atom is 0.310 e. The van der Waals surface area contributed by atoms with Crippen molar-refractivity contribution in [3.05, 3.63) is 47.0 Å². The summed E-state index contributed by atoms with van der Waals surface area (Å²) in [6.45, 7) is 3.82. The summed E-state index contributed by atoms with van der Waals surface area (Å²) in [5, 5.41) is 0. The molecule has 0 saturated heterocycles. The molecule has 21 heavy (non-hydrogen) atoms. The molecule has 1 fully saturated rings. The maximum absolute atomic E-state index is 12.1. The molecule has 0 spiro atoms. The average molecular weight is 284 g/mol. The average Bonchev–Trinajstić information content (AvgIpc) is 3.10. The molecule has 3 heteroatoms. The first-order chi connectivity index (χ1) is 10.0. The Hall–Kier alpha value is -1.90. The minimum atomic E-state index is -0.218. The summed E-state index contributed by atoms with van der Waals surface area (Å²) in [5.41, 5.74) is 2.83. The van der Waals surface area contributed by atoms with Gasteiger partial charge >= 0.3 is 5.97 Å². The van der Waals surface area contributed by atoms with Crippen LogP contribution in [0, 0.1) is 31.6 Å². The van der Waals surface area contributed by atoms with E-state index in [1.54, 1.807) is 6.07 Å². The van der Waals surface area contributed by atoms with Gasteiger partial charge in [0.2, 0.25) is 0 Å². The second-order valence-corrected chi connectivity index (χ2v) is 6.22. The zero-order chi connectivity index (χ0) is 15.0. The van der Waals surface area contributed by atoms with E-state index in [9.17, 15) is 9.59 Å². The van der Waals surface area contributed by atoms with Gasteiger partial charge in [0.15, 0.2) is 12.4 Å². The van der Waals surface area contributed by atoms with E-state index in [0.717, 1.165) is 24.0 Å². The molecule has 3 rings (SSSR count). The smallest absolute Gasteiger partial charge is 0.310 e. The molecule has 0 amide bonds. The summed E-state index contributed by atoms with van der Waals surface area (Å²) in [6, 6.07) is 5.57. The van der Waals surface area contributed by atoms with Crippen molar-refractivity contribution in [3.8, 4) is 0 Å². The summed E-state index contributed by atoms with van der Waals surface area (Å²) in [6.07, 6.45) is 6.24. The molecule has 3 atom stereocenters. The number of hydrogen-bond donors (Lipinski definition) is 0. The molecule has 1 saturated carbocycles. The summed E-state index contributed by atoms with van der Waals surface area (Å²) >= 11 is 0. The number of esters is 1. The fourth-order valence-electron chi connectivity index (χ4n) is 3.29. The van der Waals surface area contributed by atoms with E-state index in [4.69, 9.17) is 4.74 Å². The molecule has 0 aromatic heterocycles. The predicted octanol–water partition coefficient (Wildman–Crippen LogP) is 3.24.